The summed E-state index contributed by atoms with van der Waals surface area (Å²) in [5.41, 5.74) is 5.70. The molecule has 0 aromatic carbocycles. The van der Waals surface area contributed by atoms with E-state index in [9.17, 15) is 8.42 Å². The Labute approximate surface area is 132 Å². The summed E-state index contributed by atoms with van der Waals surface area (Å²) in [6.45, 7) is 2.70. The van der Waals surface area contributed by atoms with Crippen LogP contribution in [-0.4, -0.2) is 51.7 Å². The maximum absolute atomic E-state index is 11.8. The third-order valence-corrected chi connectivity index (χ3v) is 5.25. The molecule has 0 aromatic rings. The first kappa shape index (κ1) is 18.9. The molecule has 2 atom stereocenters. The molecular formula is C11H24IN3O3S. The van der Waals surface area contributed by atoms with Crippen LogP contribution in [0.1, 0.15) is 26.2 Å². The highest BCUT2D eigenvalue weighted by molar-refractivity contribution is 14.0. The van der Waals surface area contributed by atoms with E-state index >= 15 is 0 Å². The van der Waals surface area contributed by atoms with Crippen molar-refractivity contribution in [1.29, 1.82) is 0 Å². The Morgan fingerprint density at radius 1 is 1.53 bits per heavy atom. The zero-order valence-corrected chi connectivity index (χ0v) is 14.6. The van der Waals surface area contributed by atoms with Crippen LogP contribution in [0.4, 0.5) is 0 Å². The normalized spacial score (nSPS) is 24.3. The van der Waals surface area contributed by atoms with Crippen LogP contribution >= 0.6 is 24.0 Å². The van der Waals surface area contributed by atoms with Gasteiger partial charge in [0.1, 0.15) is 0 Å². The Hall–Kier alpha value is -0.0900. The van der Waals surface area contributed by atoms with Gasteiger partial charge in [-0.1, -0.05) is 6.42 Å². The molecule has 1 fully saturated rings. The predicted molar refractivity (Wildman–Crippen MR) is 87.8 cm³/mol. The third kappa shape index (κ3) is 6.75. The molecule has 0 spiro atoms. The van der Waals surface area contributed by atoms with Crippen LogP contribution in [0.3, 0.4) is 0 Å². The lowest BCUT2D eigenvalue weighted by molar-refractivity contribution is 0.179. The van der Waals surface area contributed by atoms with Crippen molar-refractivity contribution >= 4 is 39.8 Å². The first-order valence-corrected chi connectivity index (χ1v) is 7.94. The van der Waals surface area contributed by atoms with Gasteiger partial charge >= 0.3 is 0 Å². The Balaban J connectivity index is 0.00000324. The molecule has 0 bridgehead atoms. The van der Waals surface area contributed by atoms with Gasteiger partial charge in [0.2, 0.25) is 0 Å². The summed E-state index contributed by atoms with van der Waals surface area (Å²) in [5.74, 6) is 0.556. The number of hydrogen-bond donors (Lipinski definition) is 2. The maximum Gasteiger partial charge on any atom is 0.188 e. The molecule has 19 heavy (non-hydrogen) atoms. The first-order chi connectivity index (χ1) is 8.45. The number of nitrogens with zero attached hydrogens (tertiary/aromatic N) is 1. The van der Waals surface area contributed by atoms with Gasteiger partial charge in [-0.15, -0.1) is 24.0 Å². The van der Waals surface area contributed by atoms with E-state index in [4.69, 9.17) is 10.5 Å². The Kier molecular flexibility index (Phi) is 8.92. The number of guanidine groups is 1. The zero-order valence-electron chi connectivity index (χ0n) is 11.5. The molecule has 0 saturated carbocycles. The lowest BCUT2D eigenvalue weighted by atomic mass is 10.2. The number of ether oxygens (including phenoxy) is 1. The van der Waals surface area contributed by atoms with Crippen LogP contribution in [-0.2, 0) is 14.6 Å². The fourth-order valence-electron chi connectivity index (χ4n) is 2.02. The molecule has 0 amide bonds. The van der Waals surface area contributed by atoms with Crippen LogP contribution in [0.2, 0.25) is 0 Å². The number of rotatable bonds is 5. The fraction of sp³-hybridized carbons (Fsp3) is 0.909. The fourth-order valence-corrected chi connectivity index (χ4v) is 3.78. The van der Waals surface area contributed by atoms with Crippen molar-refractivity contribution in [3.8, 4) is 0 Å². The summed E-state index contributed by atoms with van der Waals surface area (Å²) in [4.78, 5) is 4.11. The summed E-state index contributed by atoms with van der Waals surface area (Å²) in [6.07, 6.45) is 2.40. The molecule has 1 rings (SSSR count). The van der Waals surface area contributed by atoms with Crippen LogP contribution in [0.25, 0.3) is 0 Å². The van der Waals surface area contributed by atoms with E-state index in [1.807, 2.05) is 6.92 Å². The smallest absolute Gasteiger partial charge is 0.188 e. The minimum atomic E-state index is -2.97. The van der Waals surface area contributed by atoms with E-state index in [2.05, 4.69) is 10.3 Å². The number of nitrogens with two attached hydrogens (primary N) is 1. The van der Waals surface area contributed by atoms with Gasteiger partial charge in [-0.2, -0.15) is 0 Å². The van der Waals surface area contributed by atoms with Crippen molar-refractivity contribution < 1.29 is 13.2 Å². The highest BCUT2D eigenvalue weighted by atomic mass is 127. The Morgan fingerprint density at radius 2 is 2.21 bits per heavy atom. The second kappa shape index (κ2) is 8.96. The van der Waals surface area contributed by atoms with Gasteiger partial charge < -0.3 is 15.8 Å². The highest BCUT2D eigenvalue weighted by Crippen LogP contribution is 2.19. The monoisotopic (exact) mass is 405 g/mol. The molecular weight excluding hydrogens is 381 g/mol. The Morgan fingerprint density at radius 3 is 2.79 bits per heavy atom. The molecule has 1 aliphatic heterocycles. The Bertz CT molecular complexity index is 387. The van der Waals surface area contributed by atoms with Crippen molar-refractivity contribution in [3.05, 3.63) is 0 Å². The topological polar surface area (TPSA) is 93.8 Å². The molecule has 8 heteroatoms. The number of hydrogen-bond acceptors (Lipinski definition) is 4. The van der Waals surface area contributed by atoms with Crippen LogP contribution in [0.15, 0.2) is 4.99 Å². The highest BCUT2D eigenvalue weighted by Gasteiger charge is 2.28. The SMILES string of the molecule is COCC(C)NC(N)=NCC1CCCCS1(=O)=O.I. The lowest BCUT2D eigenvalue weighted by Gasteiger charge is -2.21. The number of methoxy groups -OCH3 is 1. The summed E-state index contributed by atoms with van der Waals surface area (Å²) < 4.78 is 28.5. The summed E-state index contributed by atoms with van der Waals surface area (Å²) in [5, 5.41) is 2.58. The minimum absolute atomic E-state index is 0. The second-order valence-corrected chi connectivity index (χ2v) is 7.11. The van der Waals surface area contributed by atoms with Gasteiger partial charge in [0.15, 0.2) is 15.8 Å². The molecule has 0 aliphatic carbocycles. The van der Waals surface area contributed by atoms with Crippen molar-refractivity contribution in [2.45, 2.75) is 37.5 Å². The largest absolute Gasteiger partial charge is 0.383 e. The van der Waals surface area contributed by atoms with Crippen molar-refractivity contribution in [3.63, 3.8) is 0 Å². The third-order valence-electron chi connectivity index (χ3n) is 2.99. The number of aliphatic imine (C=N–C) groups is 1. The molecule has 1 saturated heterocycles. The van der Waals surface area contributed by atoms with E-state index in [1.165, 1.54) is 0 Å². The van der Waals surface area contributed by atoms with Gasteiger partial charge in [0.05, 0.1) is 24.2 Å². The van der Waals surface area contributed by atoms with Gasteiger partial charge in [-0.05, 0) is 19.8 Å². The quantitative estimate of drug-likeness (QED) is 0.395. The van der Waals surface area contributed by atoms with Crippen LogP contribution < -0.4 is 11.1 Å². The lowest BCUT2D eigenvalue weighted by Crippen LogP contribution is -2.41. The molecule has 0 radical (unpaired) electrons. The predicted octanol–water partition coefficient (Wildman–Crippen LogP) is 0.511. The van der Waals surface area contributed by atoms with Gasteiger partial charge in [0.25, 0.3) is 0 Å². The molecule has 6 nitrogen and oxygen atoms in total. The first-order valence-electron chi connectivity index (χ1n) is 6.22. The number of halogens is 1. The van der Waals surface area contributed by atoms with Crippen molar-refractivity contribution in [2.24, 2.45) is 10.7 Å². The maximum atomic E-state index is 11.8. The minimum Gasteiger partial charge on any atom is -0.383 e. The molecule has 0 aromatic heterocycles. The van der Waals surface area contributed by atoms with Crippen LogP contribution in [0.5, 0.6) is 0 Å². The molecule has 2 unspecified atom stereocenters. The standard InChI is InChI=1S/C11H23N3O3S.HI/c1-9(8-17-2)14-11(12)13-7-10-5-3-4-6-18(10,15)16;/h9-10H,3-8H2,1-2H3,(H3,12,13,14);1H. The van der Waals surface area contributed by atoms with Crippen LogP contribution in [0, 0.1) is 0 Å². The van der Waals surface area contributed by atoms with E-state index in [1.54, 1.807) is 7.11 Å². The van der Waals surface area contributed by atoms with Crippen molar-refractivity contribution in [1.82, 2.24) is 5.32 Å². The number of nitrogens with one attached hydrogen (secondary N) is 1. The molecule has 3 N–H and O–H groups in total. The molecule has 1 heterocycles. The van der Waals surface area contributed by atoms with Gasteiger partial charge in [0, 0.05) is 13.2 Å². The number of sulfone groups is 1. The molecule has 114 valence electrons. The zero-order chi connectivity index (χ0) is 13.6. The summed E-state index contributed by atoms with van der Waals surface area (Å²) in [6, 6.07) is 0.0571. The van der Waals surface area contributed by atoms with E-state index in [-0.39, 0.29) is 53.5 Å². The summed E-state index contributed by atoms with van der Waals surface area (Å²) >= 11 is 0. The second-order valence-electron chi connectivity index (χ2n) is 4.71. The summed E-state index contributed by atoms with van der Waals surface area (Å²) in [7, 11) is -1.36. The molecule has 1 aliphatic rings. The average molecular weight is 405 g/mol. The van der Waals surface area contributed by atoms with Crippen molar-refractivity contribution in [2.75, 3.05) is 26.0 Å². The van der Waals surface area contributed by atoms with E-state index in [0.29, 0.717) is 13.0 Å². The van der Waals surface area contributed by atoms with Gasteiger partial charge in [-0.25, -0.2) is 8.42 Å². The van der Waals surface area contributed by atoms with Gasteiger partial charge in [-0.3, -0.25) is 4.99 Å². The average Bonchev–Trinajstić information content (AvgIpc) is 2.27. The van der Waals surface area contributed by atoms with E-state index in [0.717, 1.165) is 12.8 Å². The van der Waals surface area contributed by atoms with E-state index < -0.39 is 9.84 Å².